The molecule has 0 aliphatic heterocycles. The van der Waals surface area contributed by atoms with Crippen molar-refractivity contribution < 1.29 is 14.3 Å². The average Bonchev–Trinajstić information content (AvgIpc) is 2.73. The number of hydrogen-bond acceptors (Lipinski definition) is 4. The van der Waals surface area contributed by atoms with Crippen LogP contribution in [0, 0.1) is 0 Å². The van der Waals surface area contributed by atoms with E-state index < -0.39 is 5.91 Å². The largest absolute Gasteiger partial charge is 0.493 e. The third kappa shape index (κ3) is 5.98. The zero-order valence-corrected chi connectivity index (χ0v) is 19.0. The number of ether oxygens (including phenoxy) is 2. The molecule has 0 spiro atoms. The fraction of sp³-hybridized carbons (Fsp3) is 0.0909. The highest BCUT2D eigenvalue weighted by Crippen LogP contribution is 2.28. The van der Waals surface area contributed by atoms with E-state index in [2.05, 4.69) is 26.5 Å². The summed E-state index contributed by atoms with van der Waals surface area (Å²) in [4.78, 5) is 12.2. The number of benzene rings is 3. The second-order valence-electron chi connectivity index (χ2n) is 6.15. The summed E-state index contributed by atoms with van der Waals surface area (Å²) >= 11 is 15.3. The highest BCUT2D eigenvalue weighted by molar-refractivity contribution is 9.10. The van der Waals surface area contributed by atoms with Crippen molar-refractivity contribution in [1.82, 2.24) is 5.43 Å². The van der Waals surface area contributed by atoms with Gasteiger partial charge in [-0.3, -0.25) is 4.79 Å². The number of hydrogen-bond donors (Lipinski definition) is 1. The minimum atomic E-state index is -0.436. The number of amides is 1. The van der Waals surface area contributed by atoms with Gasteiger partial charge in [-0.15, -0.1) is 0 Å². The molecule has 0 aromatic heterocycles. The minimum Gasteiger partial charge on any atom is -0.493 e. The molecule has 3 aromatic rings. The predicted octanol–water partition coefficient (Wildman–Crippen LogP) is 6.11. The van der Waals surface area contributed by atoms with Crippen LogP contribution in [-0.4, -0.2) is 19.2 Å². The van der Waals surface area contributed by atoms with Crippen molar-refractivity contribution in [2.45, 2.75) is 6.61 Å². The van der Waals surface area contributed by atoms with E-state index in [0.29, 0.717) is 23.1 Å². The monoisotopic (exact) mass is 506 g/mol. The second-order valence-corrected chi connectivity index (χ2v) is 7.91. The van der Waals surface area contributed by atoms with Crippen LogP contribution >= 0.6 is 39.1 Å². The first-order valence-corrected chi connectivity index (χ1v) is 10.3. The molecule has 1 N–H and O–H groups in total. The summed E-state index contributed by atoms with van der Waals surface area (Å²) in [5.74, 6) is 0.729. The lowest BCUT2D eigenvalue weighted by Gasteiger charge is -2.11. The van der Waals surface area contributed by atoms with Crippen molar-refractivity contribution in [3.05, 3.63) is 91.9 Å². The van der Waals surface area contributed by atoms with Crippen molar-refractivity contribution >= 4 is 51.3 Å². The molecule has 0 bridgehead atoms. The molecule has 0 saturated heterocycles. The SMILES string of the molecule is COc1cc(/C=N/NC(=O)c2ccc(Cl)cc2Cl)ccc1OCc1ccc(Br)cc1. The van der Waals surface area contributed by atoms with Crippen LogP contribution in [0.3, 0.4) is 0 Å². The van der Waals surface area contributed by atoms with Crippen LogP contribution in [-0.2, 0) is 6.61 Å². The molecule has 0 atom stereocenters. The van der Waals surface area contributed by atoms with Gasteiger partial charge in [0.05, 0.1) is 23.9 Å². The van der Waals surface area contributed by atoms with Crippen LogP contribution in [0.25, 0.3) is 0 Å². The Morgan fingerprint density at radius 1 is 1.07 bits per heavy atom. The molecule has 0 aliphatic carbocycles. The van der Waals surface area contributed by atoms with Gasteiger partial charge in [-0.1, -0.05) is 51.3 Å². The lowest BCUT2D eigenvalue weighted by Crippen LogP contribution is -2.18. The molecule has 0 saturated carbocycles. The van der Waals surface area contributed by atoms with Gasteiger partial charge in [0.15, 0.2) is 11.5 Å². The van der Waals surface area contributed by atoms with E-state index in [0.717, 1.165) is 15.6 Å². The van der Waals surface area contributed by atoms with E-state index in [9.17, 15) is 4.79 Å². The first kappa shape index (κ1) is 22.2. The second kappa shape index (κ2) is 10.5. The fourth-order valence-electron chi connectivity index (χ4n) is 2.52. The number of carbonyl (C=O) groups is 1. The highest BCUT2D eigenvalue weighted by atomic mass is 79.9. The molecule has 30 heavy (non-hydrogen) atoms. The first-order valence-electron chi connectivity index (χ1n) is 8.80. The summed E-state index contributed by atoms with van der Waals surface area (Å²) in [7, 11) is 1.56. The van der Waals surface area contributed by atoms with Crippen molar-refractivity contribution in [2.24, 2.45) is 5.10 Å². The summed E-state index contributed by atoms with van der Waals surface area (Å²) in [5.41, 5.74) is 4.49. The molecule has 0 unspecified atom stereocenters. The molecule has 5 nitrogen and oxygen atoms in total. The zero-order valence-electron chi connectivity index (χ0n) is 15.9. The van der Waals surface area contributed by atoms with Crippen LogP contribution in [0.1, 0.15) is 21.5 Å². The molecule has 3 aromatic carbocycles. The van der Waals surface area contributed by atoms with Gasteiger partial charge < -0.3 is 9.47 Å². The summed E-state index contributed by atoms with van der Waals surface area (Å²) < 4.78 is 12.3. The molecule has 0 heterocycles. The van der Waals surface area contributed by atoms with Gasteiger partial charge in [0.25, 0.3) is 5.91 Å². The summed E-state index contributed by atoms with van der Waals surface area (Å²) in [6, 6.07) is 17.9. The lowest BCUT2D eigenvalue weighted by atomic mass is 10.2. The first-order chi connectivity index (χ1) is 14.5. The Kier molecular flexibility index (Phi) is 7.74. The maximum atomic E-state index is 12.2. The van der Waals surface area contributed by atoms with E-state index in [-0.39, 0.29) is 10.6 Å². The van der Waals surface area contributed by atoms with Crippen LogP contribution in [0.15, 0.2) is 70.2 Å². The molecule has 154 valence electrons. The maximum Gasteiger partial charge on any atom is 0.272 e. The van der Waals surface area contributed by atoms with Gasteiger partial charge in [-0.25, -0.2) is 5.43 Å². The van der Waals surface area contributed by atoms with Crippen molar-refractivity contribution in [1.29, 1.82) is 0 Å². The Morgan fingerprint density at radius 2 is 1.83 bits per heavy atom. The third-order valence-electron chi connectivity index (χ3n) is 4.05. The molecule has 0 fully saturated rings. The van der Waals surface area contributed by atoms with Crippen LogP contribution in [0.5, 0.6) is 11.5 Å². The van der Waals surface area contributed by atoms with E-state index >= 15 is 0 Å². The van der Waals surface area contributed by atoms with Gasteiger partial charge in [-0.2, -0.15) is 5.10 Å². The topological polar surface area (TPSA) is 59.9 Å². The number of halogens is 3. The quantitative estimate of drug-likeness (QED) is 0.310. The third-order valence-corrected chi connectivity index (χ3v) is 5.13. The van der Waals surface area contributed by atoms with Gasteiger partial charge in [-0.05, 0) is 59.7 Å². The Hall–Kier alpha value is -2.54. The van der Waals surface area contributed by atoms with E-state index in [4.69, 9.17) is 32.7 Å². The maximum absolute atomic E-state index is 12.2. The van der Waals surface area contributed by atoms with E-state index in [1.807, 2.05) is 30.3 Å². The van der Waals surface area contributed by atoms with Crippen LogP contribution in [0.2, 0.25) is 10.0 Å². The Labute approximate surface area is 192 Å². The molecule has 3 rings (SSSR count). The van der Waals surface area contributed by atoms with Crippen molar-refractivity contribution in [3.63, 3.8) is 0 Å². The van der Waals surface area contributed by atoms with Gasteiger partial charge in [0.2, 0.25) is 0 Å². The predicted molar refractivity (Wildman–Crippen MR) is 123 cm³/mol. The average molecular weight is 508 g/mol. The van der Waals surface area contributed by atoms with Gasteiger partial charge >= 0.3 is 0 Å². The lowest BCUT2D eigenvalue weighted by molar-refractivity contribution is 0.0955. The van der Waals surface area contributed by atoms with Crippen molar-refractivity contribution in [3.8, 4) is 11.5 Å². The van der Waals surface area contributed by atoms with E-state index in [1.165, 1.54) is 18.3 Å². The number of nitrogens with zero attached hydrogens (tertiary/aromatic N) is 1. The summed E-state index contributed by atoms with van der Waals surface area (Å²) in [6.45, 7) is 0.412. The zero-order chi connectivity index (χ0) is 21.5. The van der Waals surface area contributed by atoms with Crippen LogP contribution in [0.4, 0.5) is 0 Å². The van der Waals surface area contributed by atoms with Gasteiger partial charge in [0.1, 0.15) is 6.61 Å². The molecule has 8 heteroatoms. The van der Waals surface area contributed by atoms with Gasteiger partial charge in [0, 0.05) is 9.50 Å². The normalized spacial score (nSPS) is 10.8. The summed E-state index contributed by atoms with van der Waals surface area (Å²) in [6.07, 6.45) is 1.50. The number of methoxy groups -OCH3 is 1. The standard InChI is InChI=1S/C22H17BrCl2N2O3/c1-29-21-10-15(4-9-20(21)30-13-14-2-5-16(23)6-3-14)12-26-27-22(28)18-8-7-17(24)11-19(18)25/h2-12H,13H2,1H3,(H,27,28)/b26-12+. The number of hydrazone groups is 1. The summed E-state index contributed by atoms with van der Waals surface area (Å²) in [5, 5.41) is 4.68. The highest BCUT2D eigenvalue weighted by Gasteiger charge is 2.10. The van der Waals surface area contributed by atoms with Crippen molar-refractivity contribution in [2.75, 3.05) is 7.11 Å². The molecule has 0 radical (unpaired) electrons. The molecular formula is C22H17BrCl2N2O3. The van der Waals surface area contributed by atoms with Crippen LogP contribution < -0.4 is 14.9 Å². The molecule has 1 amide bonds. The van der Waals surface area contributed by atoms with E-state index in [1.54, 1.807) is 25.3 Å². The number of rotatable bonds is 7. The fourth-order valence-corrected chi connectivity index (χ4v) is 3.28. The number of nitrogens with one attached hydrogen (secondary N) is 1. The Bertz CT molecular complexity index is 1070. The molecular weight excluding hydrogens is 491 g/mol. The number of carbonyl (C=O) groups excluding carboxylic acids is 1. The smallest absolute Gasteiger partial charge is 0.272 e. The molecule has 0 aliphatic rings. The Morgan fingerprint density at radius 3 is 2.53 bits per heavy atom. The Balaban J connectivity index is 1.63. The minimum absolute atomic E-state index is 0.254.